The highest BCUT2D eigenvalue weighted by Gasteiger charge is 2.15. The van der Waals surface area contributed by atoms with E-state index < -0.39 is 0 Å². The summed E-state index contributed by atoms with van der Waals surface area (Å²) in [5.74, 6) is 0. The average molecular weight is 299 g/mol. The summed E-state index contributed by atoms with van der Waals surface area (Å²) in [6, 6.07) is 0. The van der Waals surface area contributed by atoms with Gasteiger partial charge in [-0.3, -0.25) is 0 Å². The summed E-state index contributed by atoms with van der Waals surface area (Å²) in [7, 11) is 1.73. The quantitative estimate of drug-likeness (QED) is 0.635. The van der Waals surface area contributed by atoms with Crippen LogP contribution >= 0.6 is 11.3 Å². The van der Waals surface area contributed by atoms with Crippen LogP contribution in [0.25, 0.3) is 0 Å². The van der Waals surface area contributed by atoms with E-state index in [1.165, 1.54) is 4.88 Å². The highest BCUT2D eigenvalue weighted by atomic mass is 32.1. The number of nitrogens with zero attached hydrogens (tertiary/aromatic N) is 2. The van der Waals surface area contributed by atoms with Crippen molar-refractivity contribution in [3.05, 3.63) is 10.6 Å². The van der Waals surface area contributed by atoms with Crippen LogP contribution in [-0.4, -0.2) is 31.7 Å². The number of ether oxygens (including phenoxy) is 1. The van der Waals surface area contributed by atoms with E-state index >= 15 is 0 Å². The predicted octanol–water partition coefficient (Wildman–Crippen LogP) is 3.42. The lowest BCUT2D eigenvalue weighted by Crippen LogP contribution is -2.24. The van der Waals surface area contributed by atoms with Crippen molar-refractivity contribution in [2.24, 2.45) is 0 Å². The number of hydrogen-bond donors (Lipinski definition) is 1. The third kappa shape index (κ3) is 5.38. The van der Waals surface area contributed by atoms with Crippen LogP contribution in [0.5, 0.6) is 0 Å². The van der Waals surface area contributed by atoms with Gasteiger partial charge in [0.2, 0.25) is 0 Å². The minimum atomic E-state index is 0.603. The van der Waals surface area contributed by atoms with Gasteiger partial charge in [0, 0.05) is 31.6 Å². The standard InChI is InChI=1S/C15H29N3OS/c1-5-8-16-11-14-13(12-19-4)17-15(20-14)18(9-6-2)10-7-3/h16H,5-12H2,1-4H3. The zero-order valence-corrected chi connectivity index (χ0v) is 14.2. The van der Waals surface area contributed by atoms with Crippen LogP contribution in [0.4, 0.5) is 5.13 Å². The molecular formula is C15H29N3OS. The van der Waals surface area contributed by atoms with E-state index in [-0.39, 0.29) is 0 Å². The maximum absolute atomic E-state index is 5.29. The lowest BCUT2D eigenvalue weighted by atomic mass is 10.3. The van der Waals surface area contributed by atoms with Crippen LogP contribution in [0.1, 0.15) is 50.6 Å². The number of nitrogens with one attached hydrogen (secondary N) is 1. The molecule has 0 aliphatic rings. The number of aromatic nitrogens is 1. The molecule has 0 bridgehead atoms. The molecule has 1 aromatic heterocycles. The van der Waals surface area contributed by atoms with Gasteiger partial charge in [-0.1, -0.05) is 20.8 Å². The van der Waals surface area contributed by atoms with Gasteiger partial charge in [-0.05, 0) is 25.8 Å². The fraction of sp³-hybridized carbons (Fsp3) is 0.800. The fourth-order valence-corrected chi connectivity index (χ4v) is 3.20. The van der Waals surface area contributed by atoms with Crippen molar-refractivity contribution < 1.29 is 4.74 Å². The third-order valence-corrected chi connectivity index (χ3v) is 4.18. The molecule has 116 valence electrons. The summed E-state index contributed by atoms with van der Waals surface area (Å²) < 4.78 is 5.29. The first kappa shape index (κ1) is 17.4. The zero-order valence-electron chi connectivity index (χ0n) is 13.4. The van der Waals surface area contributed by atoms with Crippen molar-refractivity contribution in [1.82, 2.24) is 10.3 Å². The molecule has 0 saturated heterocycles. The smallest absolute Gasteiger partial charge is 0.185 e. The molecule has 0 aliphatic heterocycles. The fourth-order valence-electron chi connectivity index (χ4n) is 2.11. The second kappa shape index (κ2) is 10.1. The van der Waals surface area contributed by atoms with Gasteiger partial charge in [-0.15, -0.1) is 11.3 Å². The van der Waals surface area contributed by atoms with E-state index in [9.17, 15) is 0 Å². The molecule has 0 atom stereocenters. The van der Waals surface area contributed by atoms with Gasteiger partial charge in [-0.2, -0.15) is 0 Å². The Hall–Kier alpha value is -0.650. The van der Waals surface area contributed by atoms with Crippen molar-refractivity contribution in [3.8, 4) is 0 Å². The van der Waals surface area contributed by atoms with Crippen molar-refractivity contribution in [3.63, 3.8) is 0 Å². The summed E-state index contributed by atoms with van der Waals surface area (Å²) in [6.07, 6.45) is 3.47. The molecule has 1 rings (SSSR count). The summed E-state index contributed by atoms with van der Waals surface area (Å²) in [5.41, 5.74) is 1.09. The molecule has 0 aromatic carbocycles. The lowest BCUT2D eigenvalue weighted by molar-refractivity contribution is 0.181. The molecular weight excluding hydrogens is 270 g/mol. The van der Waals surface area contributed by atoms with Crippen LogP contribution in [0, 0.1) is 0 Å². The van der Waals surface area contributed by atoms with Crippen molar-refractivity contribution in [1.29, 1.82) is 0 Å². The van der Waals surface area contributed by atoms with E-state index in [2.05, 4.69) is 31.0 Å². The Balaban J connectivity index is 2.81. The molecule has 0 saturated carbocycles. The van der Waals surface area contributed by atoms with E-state index in [1.54, 1.807) is 7.11 Å². The second-order valence-electron chi connectivity index (χ2n) is 4.96. The summed E-state index contributed by atoms with van der Waals surface area (Å²) in [6.45, 7) is 11.3. The molecule has 0 fully saturated rings. The van der Waals surface area contributed by atoms with E-state index in [4.69, 9.17) is 9.72 Å². The van der Waals surface area contributed by atoms with Crippen molar-refractivity contribution in [2.75, 3.05) is 31.6 Å². The average Bonchev–Trinajstić information content (AvgIpc) is 2.83. The Morgan fingerprint density at radius 2 is 1.85 bits per heavy atom. The Kier molecular flexibility index (Phi) is 8.82. The number of methoxy groups -OCH3 is 1. The Bertz CT molecular complexity index is 362. The van der Waals surface area contributed by atoms with Gasteiger partial charge in [0.1, 0.15) is 0 Å². The normalized spacial score (nSPS) is 11.0. The summed E-state index contributed by atoms with van der Waals surface area (Å²) >= 11 is 1.81. The minimum Gasteiger partial charge on any atom is -0.378 e. The van der Waals surface area contributed by atoms with Crippen molar-refractivity contribution >= 4 is 16.5 Å². The van der Waals surface area contributed by atoms with Gasteiger partial charge < -0.3 is 15.0 Å². The zero-order chi connectivity index (χ0) is 14.8. The Labute approximate surface area is 127 Å². The monoisotopic (exact) mass is 299 g/mol. The SMILES string of the molecule is CCCNCc1sc(N(CCC)CCC)nc1COC. The first-order chi connectivity index (χ1) is 9.76. The van der Waals surface area contributed by atoms with Gasteiger partial charge in [0.15, 0.2) is 5.13 Å². The number of thiazole rings is 1. The molecule has 4 nitrogen and oxygen atoms in total. The molecule has 0 radical (unpaired) electrons. The number of hydrogen-bond acceptors (Lipinski definition) is 5. The third-order valence-electron chi connectivity index (χ3n) is 3.02. The molecule has 1 N–H and O–H groups in total. The topological polar surface area (TPSA) is 37.4 Å². The highest BCUT2D eigenvalue weighted by molar-refractivity contribution is 7.15. The molecule has 0 unspecified atom stereocenters. The van der Waals surface area contributed by atoms with Gasteiger partial charge in [0.25, 0.3) is 0 Å². The first-order valence-corrected chi connectivity index (χ1v) is 8.51. The maximum Gasteiger partial charge on any atom is 0.185 e. The Morgan fingerprint density at radius 1 is 1.15 bits per heavy atom. The van der Waals surface area contributed by atoms with Gasteiger partial charge in [0.05, 0.1) is 12.3 Å². The molecule has 0 spiro atoms. The van der Waals surface area contributed by atoms with Crippen LogP contribution < -0.4 is 10.2 Å². The number of rotatable bonds is 11. The van der Waals surface area contributed by atoms with Crippen molar-refractivity contribution in [2.45, 2.75) is 53.2 Å². The summed E-state index contributed by atoms with van der Waals surface area (Å²) in [5, 5.41) is 4.61. The number of anilines is 1. The first-order valence-electron chi connectivity index (χ1n) is 7.69. The molecule has 20 heavy (non-hydrogen) atoms. The molecule has 1 heterocycles. The summed E-state index contributed by atoms with van der Waals surface area (Å²) in [4.78, 5) is 8.50. The highest BCUT2D eigenvalue weighted by Crippen LogP contribution is 2.27. The Morgan fingerprint density at radius 3 is 2.40 bits per heavy atom. The molecule has 0 aliphatic carbocycles. The van der Waals surface area contributed by atoms with Gasteiger partial charge >= 0.3 is 0 Å². The minimum absolute atomic E-state index is 0.603. The van der Waals surface area contributed by atoms with E-state index in [0.717, 1.165) is 56.3 Å². The van der Waals surface area contributed by atoms with Gasteiger partial charge in [-0.25, -0.2) is 4.98 Å². The largest absolute Gasteiger partial charge is 0.378 e. The molecule has 0 amide bonds. The van der Waals surface area contributed by atoms with Crippen LogP contribution in [0.2, 0.25) is 0 Å². The second-order valence-corrected chi connectivity index (χ2v) is 6.03. The van der Waals surface area contributed by atoms with E-state index in [0.29, 0.717) is 6.61 Å². The van der Waals surface area contributed by atoms with Crippen LogP contribution in [0.15, 0.2) is 0 Å². The lowest BCUT2D eigenvalue weighted by Gasteiger charge is -2.20. The van der Waals surface area contributed by atoms with Crippen LogP contribution in [0.3, 0.4) is 0 Å². The van der Waals surface area contributed by atoms with E-state index in [1.807, 2.05) is 11.3 Å². The molecule has 5 heteroatoms. The predicted molar refractivity (Wildman–Crippen MR) is 87.6 cm³/mol. The van der Waals surface area contributed by atoms with Crippen LogP contribution in [-0.2, 0) is 17.9 Å². The maximum atomic E-state index is 5.29. The molecule has 1 aromatic rings.